The largest absolute Gasteiger partial charge is 0.342 e. The topological polar surface area (TPSA) is 78.1 Å². The molecule has 3 amide bonds. The fourth-order valence-corrected chi connectivity index (χ4v) is 4.97. The summed E-state index contributed by atoms with van der Waals surface area (Å²) in [5, 5.41) is 2.45. The number of carbonyl (C=O) groups is 2. The van der Waals surface area contributed by atoms with Gasteiger partial charge < -0.3 is 9.88 Å². The molecular weight excluding hydrogens is 352 g/mol. The molecule has 140 valence electrons. The van der Waals surface area contributed by atoms with Gasteiger partial charge in [-0.15, -0.1) is 0 Å². The van der Waals surface area contributed by atoms with E-state index in [4.69, 9.17) is 4.98 Å². The number of likely N-dealkylation sites (N-methyl/N-ethyl adjacent to an activating group) is 1. The molecule has 6 nitrogen and oxygen atoms in total. The number of nitrogens with zero attached hydrogens (tertiary/aromatic N) is 2. The molecule has 2 heterocycles. The monoisotopic (exact) mass is 372 g/mol. The van der Waals surface area contributed by atoms with Crippen LogP contribution in [0.3, 0.4) is 0 Å². The second kappa shape index (κ2) is 5.22. The Labute approximate surface area is 161 Å². The lowest BCUT2D eigenvalue weighted by atomic mass is 9.95. The Morgan fingerprint density at radius 3 is 2.54 bits per heavy atom. The van der Waals surface area contributed by atoms with E-state index in [2.05, 4.69) is 46.7 Å². The lowest BCUT2D eigenvalue weighted by Gasteiger charge is -2.27. The number of imidazole rings is 1. The maximum absolute atomic E-state index is 12.4. The van der Waals surface area contributed by atoms with Gasteiger partial charge in [-0.05, 0) is 41.2 Å². The van der Waals surface area contributed by atoms with Crippen molar-refractivity contribution in [2.24, 2.45) is 0 Å². The van der Waals surface area contributed by atoms with Crippen molar-refractivity contribution in [1.82, 2.24) is 20.2 Å². The van der Waals surface area contributed by atoms with Gasteiger partial charge in [0.15, 0.2) is 0 Å². The zero-order chi connectivity index (χ0) is 19.0. The summed E-state index contributed by atoms with van der Waals surface area (Å²) in [7, 11) is 1.70. The number of rotatable bonds is 2. The van der Waals surface area contributed by atoms with Gasteiger partial charge in [0.2, 0.25) is 0 Å². The Kier molecular flexibility index (Phi) is 2.96. The molecule has 1 aromatic heterocycles. The first-order valence-electron chi connectivity index (χ1n) is 9.71. The number of benzene rings is 2. The van der Waals surface area contributed by atoms with Crippen molar-refractivity contribution in [2.45, 2.75) is 36.6 Å². The van der Waals surface area contributed by atoms with Crippen LogP contribution in [0.1, 0.15) is 40.8 Å². The molecule has 3 atom stereocenters. The number of hydrogen-bond acceptors (Lipinski definition) is 3. The standard InChI is InChI=1S/C22H20N4O2/c1-26-21(28)25-20(27)22(26)10-13-7-17-18(8-14(13)11-22)24-19(23-17)16-9-15(16)12-5-3-2-4-6-12/h2-8,15-16H,9-11H2,1H3,(H,23,24)(H,25,27,28)/t15-,16?/m1/s1. The van der Waals surface area contributed by atoms with E-state index in [1.54, 1.807) is 11.9 Å². The number of urea groups is 1. The van der Waals surface area contributed by atoms with Crippen molar-refractivity contribution in [2.75, 3.05) is 7.05 Å². The van der Waals surface area contributed by atoms with Crippen molar-refractivity contribution in [1.29, 1.82) is 0 Å². The minimum atomic E-state index is -0.782. The summed E-state index contributed by atoms with van der Waals surface area (Å²) >= 11 is 0. The van der Waals surface area contributed by atoms with Crippen LogP contribution in [-0.2, 0) is 17.6 Å². The number of H-pyrrole nitrogens is 1. The molecule has 2 aromatic carbocycles. The van der Waals surface area contributed by atoms with E-state index in [0.717, 1.165) is 34.4 Å². The van der Waals surface area contributed by atoms with E-state index in [1.807, 2.05) is 6.07 Å². The zero-order valence-corrected chi connectivity index (χ0v) is 15.5. The Hall–Kier alpha value is -3.15. The molecule has 2 N–H and O–H groups in total. The van der Waals surface area contributed by atoms with Crippen LogP contribution in [0, 0.1) is 0 Å². The van der Waals surface area contributed by atoms with Crippen LogP contribution in [-0.4, -0.2) is 39.4 Å². The van der Waals surface area contributed by atoms with Crippen LogP contribution in [0.25, 0.3) is 11.0 Å². The zero-order valence-electron chi connectivity index (χ0n) is 15.5. The number of amides is 3. The number of imide groups is 1. The first-order valence-corrected chi connectivity index (χ1v) is 9.71. The second-order valence-electron chi connectivity index (χ2n) is 8.32. The predicted molar refractivity (Wildman–Crippen MR) is 104 cm³/mol. The van der Waals surface area contributed by atoms with Gasteiger partial charge in [-0.2, -0.15) is 0 Å². The first-order chi connectivity index (χ1) is 13.5. The number of carbonyl (C=O) groups excluding carboxylic acids is 2. The Balaban J connectivity index is 1.32. The van der Waals surface area contributed by atoms with E-state index >= 15 is 0 Å². The Morgan fingerprint density at radius 2 is 1.82 bits per heavy atom. The van der Waals surface area contributed by atoms with Gasteiger partial charge in [-0.25, -0.2) is 9.78 Å². The quantitative estimate of drug-likeness (QED) is 0.679. The van der Waals surface area contributed by atoms with E-state index in [9.17, 15) is 9.59 Å². The molecule has 2 unspecified atom stereocenters. The highest BCUT2D eigenvalue weighted by Crippen LogP contribution is 2.54. The summed E-state index contributed by atoms with van der Waals surface area (Å²) in [6.45, 7) is 0. The highest BCUT2D eigenvalue weighted by molar-refractivity contribution is 6.07. The third-order valence-electron chi connectivity index (χ3n) is 6.75. The summed E-state index contributed by atoms with van der Waals surface area (Å²) in [6, 6.07) is 14.5. The fraction of sp³-hybridized carbons (Fsp3) is 0.318. The van der Waals surface area contributed by atoms with E-state index < -0.39 is 5.54 Å². The average molecular weight is 372 g/mol. The van der Waals surface area contributed by atoms with Crippen LogP contribution in [0.2, 0.25) is 0 Å². The maximum atomic E-state index is 12.4. The van der Waals surface area contributed by atoms with Crippen LogP contribution >= 0.6 is 0 Å². The van der Waals surface area contributed by atoms with Crippen molar-refractivity contribution >= 4 is 23.0 Å². The third kappa shape index (κ3) is 2.06. The molecule has 0 bridgehead atoms. The van der Waals surface area contributed by atoms with Gasteiger partial charge in [0, 0.05) is 25.8 Å². The van der Waals surface area contributed by atoms with E-state index in [1.165, 1.54) is 5.56 Å². The van der Waals surface area contributed by atoms with Crippen LogP contribution in [0.5, 0.6) is 0 Å². The fourth-order valence-electron chi connectivity index (χ4n) is 4.97. The first kappa shape index (κ1) is 15.9. The van der Waals surface area contributed by atoms with Gasteiger partial charge >= 0.3 is 6.03 Å². The molecule has 28 heavy (non-hydrogen) atoms. The van der Waals surface area contributed by atoms with Crippen molar-refractivity contribution in [3.05, 3.63) is 65.0 Å². The molecular formula is C22H20N4O2. The summed E-state index contributed by atoms with van der Waals surface area (Å²) in [5.74, 6) is 1.84. The highest BCUT2D eigenvalue weighted by Gasteiger charge is 2.54. The van der Waals surface area contributed by atoms with Gasteiger partial charge in [0.1, 0.15) is 11.4 Å². The third-order valence-corrected chi connectivity index (χ3v) is 6.75. The maximum Gasteiger partial charge on any atom is 0.324 e. The molecule has 6 rings (SSSR count). The number of fused-ring (bicyclic) bond motifs is 2. The minimum absolute atomic E-state index is 0.197. The molecule has 3 aromatic rings. The molecule has 2 aliphatic carbocycles. The van der Waals surface area contributed by atoms with Crippen molar-refractivity contribution < 1.29 is 9.59 Å². The number of aromatic nitrogens is 2. The number of nitrogens with one attached hydrogen (secondary N) is 2. The number of hydrogen-bond donors (Lipinski definition) is 2. The Bertz CT molecular complexity index is 1110. The smallest absolute Gasteiger partial charge is 0.324 e. The SMILES string of the molecule is CN1C(=O)NC(=O)C12Cc1cc3nc(C4C[C@@H]4c4ccccc4)[nH]c3cc1C2. The molecule has 6 heteroatoms. The van der Waals surface area contributed by atoms with Gasteiger partial charge in [0.05, 0.1) is 11.0 Å². The van der Waals surface area contributed by atoms with Crippen molar-refractivity contribution in [3.8, 4) is 0 Å². The molecule has 3 aliphatic rings. The van der Waals surface area contributed by atoms with Crippen molar-refractivity contribution in [3.63, 3.8) is 0 Å². The summed E-state index contributed by atoms with van der Waals surface area (Å²) < 4.78 is 0. The Morgan fingerprint density at radius 1 is 1.07 bits per heavy atom. The van der Waals surface area contributed by atoms with Gasteiger partial charge in [0.25, 0.3) is 5.91 Å². The molecule has 2 fully saturated rings. The van der Waals surface area contributed by atoms with Crippen LogP contribution in [0.15, 0.2) is 42.5 Å². The van der Waals surface area contributed by atoms with Gasteiger partial charge in [-0.1, -0.05) is 30.3 Å². The summed E-state index contributed by atoms with van der Waals surface area (Å²) in [4.78, 5) is 34.3. The minimum Gasteiger partial charge on any atom is -0.342 e. The molecule has 1 saturated carbocycles. The molecule has 1 spiro atoms. The lowest BCUT2D eigenvalue weighted by Crippen LogP contribution is -2.48. The summed E-state index contributed by atoms with van der Waals surface area (Å²) in [6.07, 6.45) is 2.22. The molecule has 1 saturated heterocycles. The lowest BCUT2D eigenvalue weighted by molar-refractivity contribution is -0.125. The second-order valence-corrected chi connectivity index (χ2v) is 8.32. The van der Waals surface area contributed by atoms with E-state index in [0.29, 0.717) is 24.7 Å². The predicted octanol–water partition coefficient (Wildman–Crippen LogP) is 2.85. The van der Waals surface area contributed by atoms with Crippen LogP contribution < -0.4 is 5.32 Å². The van der Waals surface area contributed by atoms with Crippen LogP contribution in [0.4, 0.5) is 4.79 Å². The average Bonchev–Trinajstić information content (AvgIpc) is 3.19. The van der Waals surface area contributed by atoms with E-state index in [-0.39, 0.29) is 11.9 Å². The normalized spacial score (nSPS) is 24.8. The molecule has 0 radical (unpaired) electrons. The molecule has 1 aliphatic heterocycles. The number of aromatic amines is 1. The highest BCUT2D eigenvalue weighted by atomic mass is 16.2. The summed E-state index contributed by atoms with van der Waals surface area (Å²) in [5.41, 5.74) is 4.77. The van der Waals surface area contributed by atoms with Gasteiger partial charge in [-0.3, -0.25) is 10.1 Å².